The van der Waals surface area contributed by atoms with Gasteiger partial charge in [0, 0.05) is 0 Å². The van der Waals surface area contributed by atoms with Crippen LogP contribution in [0.25, 0.3) is 5.69 Å². The number of benzene rings is 1. The molecule has 0 bridgehead atoms. The molecule has 1 aromatic heterocycles. The molecule has 7 heteroatoms. The second kappa shape index (κ2) is 5.63. The van der Waals surface area contributed by atoms with Crippen molar-refractivity contribution in [3.63, 3.8) is 0 Å². The van der Waals surface area contributed by atoms with E-state index in [1.165, 1.54) is 0 Å². The van der Waals surface area contributed by atoms with Crippen molar-refractivity contribution in [2.45, 2.75) is 18.5 Å². The first-order valence-electron chi connectivity index (χ1n) is 5.43. The van der Waals surface area contributed by atoms with Gasteiger partial charge in [-0.25, -0.2) is 0 Å². The van der Waals surface area contributed by atoms with Gasteiger partial charge >= 0.3 is 5.97 Å². The van der Waals surface area contributed by atoms with Crippen LogP contribution in [0.2, 0.25) is 0 Å². The van der Waals surface area contributed by atoms with Gasteiger partial charge in [-0.05, 0) is 28.5 Å². The highest BCUT2D eigenvalue weighted by molar-refractivity contribution is 7.99. The number of thioether (sulfide) groups is 1. The molecule has 0 saturated carbocycles. The summed E-state index contributed by atoms with van der Waals surface area (Å²) in [4.78, 5) is 10.6. The molecule has 0 amide bonds. The molecule has 1 aromatic carbocycles. The molecule has 0 fully saturated rings. The highest BCUT2D eigenvalue weighted by atomic mass is 32.2. The van der Waals surface area contributed by atoms with Gasteiger partial charge in [0.1, 0.15) is 0 Å². The second-order valence-corrected chi connectivity index (χ2v) is 4.48. The first kappa shape index (κ1) is 12.6. The maximum Gasteiger partial charge on any atom is 0.313 e. The molecule has 0 atom stereocenters. The van der Waals surface area contributed by atoms with Crippen molar-refractivity contribution >= 4 is 17.7 Å². The molecule has 0 aliphatic carbocycles. The number of carboxylic acids is 1. The molecule has 0 aliphatic rings. The van der Waals surface area contributed by atoms with E-state index >= 15 is 0 Å². The van der Waals surface area contributed by atoms with E-state index in [-0.39, 0.29) is 5.75 Å². The number of carbonyl (C=O) groups is 1. The Balaban J connectivity index is 2.33. The third kappa shape index (κ3) is 2.67. The van der Waals surface area contributed by atoms with Crippen LogP contribution in [0, 0.1) is 0 Å². The Morgan fingerprint density at radius 1 is 1.44 bits per heavy atom. The van der Waals surface area contributed by atoms with E-state index in [0.717, 1.165) is 29.4 Å². The number of aliphatic carboxylic acids is 1. The van der Waals surface area contributed by atoms with Crippen LogP contribution in [0.5, 0.6) is 0 Å². The summed E-state index contributed by atoms with van der Waals surface area (Å²) in [6.07, 6.45) is 0.860. The molecule has 94 valence electrons. The highest BCUT2D eigenvalue weighted by Gasteiger charge is 2.12. The summed E-state index contributed by atoms with van der Waals surface area (Å²) in [7, 11) is 0. The van der Waals surface area contributed by atoms with Crippen molar-refractivity contribution < 1.29 is 9.90 Å². The maximum absolute atomic E-state index is 10.6. The predicted octanol–water partition coefficient (Wildman–Crippen LogP) is 1.40. The number of carboxylic acid groups (broad SMARTS) is 1. The molecule has 0 spiro atoms. The van der Waals surface area contributed by atoms with Crippen molar-refractivity contribution in [1.82, 2.24) is 20.2 Å². The zero-order valence-corrected chi connectivity index (χ0v) is 10.6. The van der Waals surface area contributed by atoms with E-state index in [0.29, 0.717) is 5.16 Å². The van der Waals surface area contributed by atoms with Crippen molar-refractivity contribution in [3.8, 4) is 5.69 Å². The number of aryl methyl sites for hydroxylation is 1. The number of hydrogen-bond acceptors (Lipinski definition) is 5. The van der Waals surface area contributed by atoms with E-state index < -0.39 is 5.97 Å². The van der Waals surface area contributed by atoms with Crippen LogP contribution in [-0.2, 0) is 11.2 Å². The van der Waals surface area contributed by atoms with Crippen LogP contribution < -0.4 is 0 Å². The lowest BCUT2D eigenvalue weighted by molar-refractivity contribution is -0.133. The zero-order chi connectivity index (χ0) is 13.0. The minimum atomic E-state index is -0.890. The molecule has 0 saturated heterocycles. The SMILES string of the molecule is CCc1ccccc1-n1nnnc1SCC(=O)O. The largest absolute Gasteiger partial charge is 0.481 e. The number of nitrogens with zero attached hydrogens (tertiary/aromatic N) is 4. The first-order chi connectivity index (χ1) is 8.72. The number of rotatable bonds is 5. The zero-order valence-electron chi connectivity index (χ0n) is 9.78. The maximum atomic E-state index is 10.6. The Morgan fingerprint density at radius 3 is 2.94 bits per heavy atom. The number of hydrogen-bond donors (Lipinski definition) is 1. The fourth-order valence-electron chi connectivity index (χ4n) is 1.56. The van der Waals surface area contributed by atoms with Gasteiger partial charge in [0.2, 0.25) is 5.16 Å². The highest BCUT2D eigenvalue weighted by Crippen LogP contribution is 2.20. The Labute approximate surface area is 108 Å². The summed E-state index contributed by atoms with van der Waals surface area (Å²) in [6.45, 7) is 2.05. The van der Waals surface area contributed by atoms with Gasteiger partial charge in [-0.15, -0.1) is 5.10 Å². The van der Waals surface area contributed by atoms with E-state index in [1.54, 1.807) is 4.68 Å². The molecule has 18 heavy (non-hydrogen) atoms. The molecule has 6 nitrogen and oxygen atoms in total. The number of tetrazole rings is 1. The van der Waals surface area contributed by atoms with Crippen LogP contribution in [0.3, 0.4) is 0 Å². The Hall–Kier alpha value is -1.89. The molecule has 2 rings (SSSR count). The smallest absolute Gasteiger partial charge is 0.313 e. The van der Waals surface area contributed by atoms with Gasteiger partial charge in [-0.1, -0.05) is 36.9 Å². The van der Waals surface area contributed by atoms with Crippen LogP contribution in [0.4, 0.5) is 0 Å². The van der Waals surface area contributed by atoms with Crippen LogP contribution in [0.1, 0.15) is 12.5 Å². The summed E-state index contributed by atoms with van der Waals surface area (Å²) < 4.78 is 1.58. The van der Waals surface area contributed by atoms with Gasteiger partial charge in [0.05, 0.1) is 11.4 Å². The third-order valence-corrected chi connectivity index (χ3v) is 3.27. The van der Waals surface area contributed by atoms with E-state index in [1.807, 2.05) is 31.2 Å². The first-order valence-corrected chi connectivity index (χ1v) is 6.42. The summed E-state index contributed by atoms with van der Waals surface area (Å²) in [5.41, 5.74) is 2.00. The Morgan fingerprint density at radius 2 is 2.22 bits per heavy atom. The second-order valence-electron chi connectivity index (χ2n) is 3.54. The average molecular weight is 264 g/mol. The number of para-hydroxylation sites is 1. The van der Waals surface area contributed by atoms with Gasteiger partial charge in [0.15, 0.2) is 0 Å². The van der Waals surface area contributed by atoms with Crippen LogP contribution in [0.15, 0.2) is 29.4 Å². The fraction of sp³-hybridized carbons (Fsp3) is 0.273. The van der Waals surface area contributed by atoms with Crippen molar-refractivity contribution in [2.75, 3.05) is 5.75 Å². The quantitative estimate of drug-likeness (QED) is 0.822. The lowest BCUT2D eigenvalue weighted by atomic mass is 10.1. The van der Waals surface area contributed by atoms with Gasteiger partial charge in [-0.2, -0.15) is 4.68 Å². The van der Waals surface area contributed by atoms with Crippen LogP contribution >= 0.6 is 11.8 Å². The minimum absolute atomic E-state index is 0.0608. The summed E-state index contributed by atoms with van der Waals surface area (Å²) in [5, 5.41) is 20.5. The van der Waals surface area contributed by atoms with Gasteiger partial charge in [-0.3, -0.25) is 4.79 Å². The monoisotopic (exact) mass is 264 g/mol. The van der Waals surface area contributed by atoms with Gasteiger partial charge < -0.3 is 5.11 Å². The molecular formula is C11H12N4O2S. The standard InChI is InChI=1S/C11H12N4O2S/c1-2-8-5-3-4-6-9(8)15-11(12-13-14-15)18-7-10(16)17/h3-6H,2,7H2,1H3,(H,16,17). The molecule has 1 heterocycles. The van der Waals surface area contributed by atoms with E-state index in [4.69, 9.17) is 5.11 Å². The van der Waals surface area contributed by atoms with E-state index in [2.05, 4.69) is 15.5 Å². The topological polar surface area (TPSA) is 80.9 Å². The lowest BCUT2D eigenvalue weighted by Gasteiger charge is -2.07. The Bertz CT molecular complexity index is 555. The molecular weight excluding hydrogens is 252 g/mol. The van der Waals surface area contributed by atoms with Gasteiger partial charge in [0.25, 0.3) is 0 Å². The third-order valence-electron chi connectivity index (χ3n) is 2.37. The van der Waals surface area contributed by atoms with Crippen molar-refractivity contribution in [3.05, 3.63) is 29.8 Å². The normalized spacial score (nSPS) is 10.5. The van der Waals surface area contributed by atoms with Crippen molar-refractivity contribution in [2.24, 2.45) is 0 Å². The number of aromatic nitrogens is 4. The van der Waals surface area contributed by atoms with Crippen LogP contribution in [-0.4, -0.2) is 37.0 Å². The fourth-order valence-corrected chi connectivity index (χ4v) is 2.17. The minimum Gasteiger partial charge on any atom is -0.481 e. The predicted molar refractivity (Wildman–Crippen MR) is 66.9 cm³/mol. The molecule has 0 radical (unpaired) electrons. The Kier molecular flexibility index (Phi) is 3.93. The summed E-state index contributed by atoms with van der Waals surface area (Å²) in [5.74, 6) is -0.951. The summed E-state index contributed by atoms with van der Waals surface area (Å²) in [6, 6.07) is 7.78. The summed E-state index contributed by atoms with van der Waals surface area (Å²) >= 11 is 1.10. The van der Waals surface area contributed by atoms with Crippen molar-refractivity contribution in [1.29, 1.82) is 0 Å². The lowest BCUT2D eigenvalue weighted by Crippen LogP contribution is -2.05. The average Bonchev–Trinajstić information content (AvgIpc) is 2.84. The molecule has 1 N–H and O–H groups in total. The molecule has 0 unspecified atom stereocenters. The molecule has 0 aliphatic heterocycles. The van der Waals surface area contributed by atoms with E-state index in [9.17, 15) is 4.79 Å². The molecule has 2 aromatic rings.